The molecule has 0 saturated heterocycles. The molecule has 2 aromatic heterocycles. The third kappa shape index (κ3) is 4.53. The van der Waals surface area contributed by atoms with Crippen LogP contribution in [-0.2, 0) is 11.2 Å². The van der Waals surface area contributed by atoms with E-state index in [9.17, 15) is 10.1 Å². The van der Waals surface area contributed by atoms with Crippen LogP contribution in [0.3, 0.4) is 0 Å². The fourth-order valence-corrected chi connectivity index (χ4v) is 4.11. The minimum atomic E-state index is -0.369. The van der Waals surface area contributed by atoms with Gasteiger partial charge in [-0.3, -0.25) is 4.79 Å². The van der Waals surface area contributed by atoms with Gasteiger partial charge in [-0.1, -0.05) is 18.2 Å². The molecule has 0 saturated carbocycles. The first-order chi connectivity index (χ1) is 16.0. The maximum atomic E-state index is 12.7. The van der Waals surface area contributed by atoms with Gasteiger partial charge in [0.25, 0.3) is 5.91 Å². The lowest BCUT2D eigenvalue weighted by Gasteiger charge is -2.10. The standard InChI is InChI=1S/C27H26N4O2/c1-18-14-21(19(2)31(18)23-8-10-24(33-3)11-9-23)15-22(16-28)27(32)29-13-12-20-17-30-26-7-5-4-6-25(20)26/h4-11,14-15,17,30H,12-13H2,1-3H3,(H,29,32)/b22-15-. The van der Waals surface area contributed by atoms with Gasteiger partial charge < -0.3 is 19.6 Å². The molecule has 0 unspecified atom stereocenters. The third-order valence-electron chi connectivity index (χ3n) is 5.82. The summed E-state index contributed by atoms with van der Waals surface area (Å²) < 4.78 is 7.33. The summed E-state index contributed by atoms with van der Waals surface area (Å²) in [4.78, 5) is 15.9. The average Bonchev–Trinajstić information content (AvgIpc) is 3.37. The molecule has 0 aliphatic rings. The lowest BCUT2D eigenvalue weighted by Crippen LogP contribution is -2.26. The number of amides is 1. The van der Waals surface area contributed by atoms with Crippen LogP contribution in [-0.4, -0.2) is 29.1 Å². The van der Waals surface area contributed by atoms with Gasteiger partial charge in [0.2, 0.25) is 0 Å². The Morgan fingerprint density at radius 2 is 1.94 bits per heavy atom. The topological polar surface area (TPSA) is 82.8 Å². The number of para-hydroxylation sites is 1. The van der Waals surface area contributed by atoms with Crippen LogP contribution in [0.5, 0.6) is 5.75 Å². The molecule has 4 aromatic rings. The number of methoxy groups -OCH3 is 1. The van der Waals surface area contributed by atoms with Crippen molar-refractivity contribution in [2.45, 2.75) is 20.3 Å². The highest BCUT2D eigenvalue weighted by Crippen LogP contribution is 2.24. The maximum Gasteiger partial charge on any atom is 0.261 e. The van der Waals surface area contributed by atoms with Crippen molar-refractivity contribution < 1.29 is 9.53 Å². The van der Waals surface area contributed by atoms with Crippen molar-refractivity contribution in [1.82, 2.24) is 14.9 Å². The average molecular weight is 439 g/mol. The van der Waals surface area contributed by atoms with E-state index in [1.165, 1.54) is 0 Å². The lowest BCUT2D eigenvalue weighted by molar-refractivity contribution is -0.117. The summed E-state index contributed by atoms with van der Waals surface area (Å²) in [6.07, 6.45) is 4.30. The highest BCUT2D eigenvalue weighted by Gasteiger charge is 2.14. The van der Waals surface area contributed by atoms with Crippen LogP contribution in [0, 0.1) is 25.2 Å². The zero-order chi connectivity index (χ0) is 23.4. The number of H-pyrrole nitrogens is 1. The second-order valence-corrected chi connectivity index (χ2v) is 7.90. The highest BCUT2D eigenvalue weighted by atomic mass is 16.5. The van der Waals surface area contributed by atoms with Gasteiger partial charge in [0.05, 0.1) is 7.11 Å². The van der Waals surface area contributed by atoms with Gasteiger partial charge in [0.1, 0.15) is 17.4 Å². The molecule has 6 nitrogen and oxygen atoms in total. The molecule has 2 N–H and O–H groups in total. The first kappa shape index (κ1) is 22.0. The SMILES string of the molecule is COc1ccc(-n2c(C)cc(/C=C(/C#N)C(=O)NCCc3c[nH]c4ccccc34)c2C)cc1. The molecule has 0 bridgehead atoms. The van der Waals surface area contributed by atoms with Gasteiger partial charge in [-0.25, -0.2) is 0 Å². The molecule has 2 heterocycles. The van der Waals surface area contributed by atoms with Crippen molar-refractivity contribution in [3.8, 4) is 17.5 Å². The van der Waals surface area contributed by atoms with Crippen molar-refractivity contribution in [3.63, 3.8) is 0 Å². The Morgan fingerprint density at radius 3 is 2.67 bits per heavy atom. The monoisotopic (exact) mass is 438 g/mol. The second kappa shape index (κ2) is 9.49. The molecule has 0 aliphatic carbocycles. The number of carbonyl (C=O) groups excluding carboxylic acids is 1. The molecule has 0 aliphatic heterocycles. The number of ether oxygens (including phenoxy) is 1. The van der Waals surface area contributed by atoms with Crippen LogP contribution in [0.4, 0.5) is 0 Å². The predicted molar refractivity (Wildman–Crippen MR) is 130 cm³/mol. The van der Waals surface area contributed by atoms with Gasteiger partial charge in [0, 0.05) is 40.7 Å². The summed E-state index contributed by atoms with van der Waals surface area (Å²) in [5.74, 6) is 0.420. The van der Waals surface area contributed by atoms with Crippen molar-refractivity contribution in [3.05, 3.63) is 88.9 Å². The molecule has 2 aromatic carbocycles. The van der Waals surface area contributed by atoms with E-state index in [0.717, 1.165) is 44.9 Å². The molecule has 33 heavy (non-hydrogen) atoms. The minimum Gasteiger partial charge on any atom is -0.497 e. The summed E-state index contributed by atoms with van der Waals surface area (Å²) in [5.41, 5.74) is 6.10. The largest absolute Gasteiger partial charge is 0.497 e. The normalized spacial score (nSPS) is 11.4. The molecule has 0 fully saturated rings. The molecular formula is C27H26N4O2. The minimum absolute atomic E-state index is 0.0870. The molecular weight excluding hydrogens is 412 g/mol. The van der Waals surface area contributed by atoms with Gasteiger partial charge in [-0.15, -0.1) is 0 Å². The zero-order valence-electron chi connectivity index (χ0n) is 19.0. The molecule has 4 rings (SSSR count). The number of benzene rings is 2. The number of hydrogen-bond acceptors (Lipinski definition) is 3. The number of hydrogen-bond donors (Lipinski definition) is 2. The number of nitriles is 1. The molecule has 6 heteroatoms. The van der Waals surface area contributed by atoms with Crippen LogP contribution in [0.1, 0.15) is 22.5 Å². The number of aromatic amines is 1. The van der Waals surface area contributed by atoms with Gasteiger partial charge >= 0.3 is 0 Å². The molecule has 1 amide bonds. The summed E-state index contributed by atoms with van der Waals surface area (Å²) in [5, 5.41) is 13.6. The van der Waals surface area contributed by atoms with E-state index in [1.807, 2.05) is 68.6 Å². The molecule has 0 radical (unpaired) electrons. The Kier molecular flexibility index (Phi) is 6.32. The second-order valence-electron chi connectivity index (χ2n) is 7.90. The van der Waals surface area contributed by atoms with Crippen LogP contribution in [0.15, 0.2) is 66.4 Å². The Bertz CT molecular complexity index is 1370. The fraction of sp³-hybridized carbons (Fsp3) is 0.185. The Labute approximate surface area is 193 Å². The number of rotatable bonds is 7. The number of carbonyl (C=O) groups is 1. The summed E-state index contributed by atoms with van der Waals surface area (Å²) in [7, 11) is 1.64. The number of aromatic nitrogens is 2. The number of nitrogens with one attached hydrogen (secondary N) is 2. The van der Waals surface area contributed by atoms with Crippen molar-refractivity contribution >= 4 is 22.9 Å². The van der Waals surface area contributed by atoms with E-state index in [2.05, 4.69) is 27.0 Å². The number of fused-ring (bicyclic) bond motifs is 1. The van der Waals surface area contributed by atoms with Gasteiger partial charge in [-0.05, 0) is 73.9 Å². The maximum absolute atomic E-state index is 12.7. The van der Waals surface area contributed by atoms with Gasteiger partial charge in [-0.2, -0.15) is 5.26 Å². The Morgan fingerprint density at radius 1 is 1.18 bits per heavy atom. The summed E-state index contributed by atoms with van der Waals surface area (Å²) in [6, 6.07) is 19.9. The predicted octanol–water partition coefficient (Wildman–Crippen LogP) is 4.85. The van der Waals surface area contributed by atoms with Crippen LogP contribution in [0.25, 0.3) is 22.7 Å². The Balaban J connectivity index is 1.48. The van der Waals surface area contributed by atoms with Crippen molar-refractivity contribution in [2.24, 2.45) is 0 Å². The van der Waals surface area contributed by atoms with Gasteiger partial charge in [0.15, 0.2) is 0 Å². The first-order valence-corrected chi connectivity index (χ1v) is 10.8. The number of aryl methyl sites for hydroxylation is 1. The van der Waals surface area contributed by atoms with E-state index in [0.29, 0.717) is 13.0 Å². The van der Waals surface area contributed by atoms with Crippen LogP contribution in [0.2, 0.25) is 0 Å². The molecule has 0 atom stereocenters. The number of nitrogens with zero attached hydrogens (tertiary/aromatic N) is 2. The van der Waals surface area contributed by atoms with E-state index < -0.39 is 0 Å². The molecule has 0 spiro atoms. The van der Waals surface area contributed by atoms with Crippen molar-refractivity contribution in [2.75, 3.05) is 13.7 Å². The quantitative estimate of drug-likeness (QED) is 0.320. The van der Waals surface area contributed by atoms with Crippen LogP contribution >= 0.6 is 0 Å². The third-order valence-corrected chi connectivity index (χ3v) is 5.82. The fourth-order valence-electron chi connectivity index (χ4n) is 4.11. The zero-order valence-corrected chi connectivity index (χ0v) is 19.0. The van der Waals surface area contributed by atoms with Crippen molar-refractivity contribution in [1.29, 1.82) is 5.26 Å². The van der Waals surface area contributed by atoms with E-state index in [1.54, 1.807) is 13.2 Å². The smallest absolute Gasteiger partial charge is 0.261 e. The van der Waals surface area contributed by atoms with E-state index in [-0.39, 0.29) is 11.5 Å². The summed E-state index contributed by atoms with van der Waals surface area (Å²) in [6.45, 7) is 4.43. The highest BCUT2D eigenvalue weighted by molar-refractivity contribution is 6.01. The van der Waals surface area contributed by atoms with E-state index in [4.69, 9.17) is 4.74 Å². The first-order valence-electron chi connectivity index (χ1n) is 10.8. The molecule has 166 valence electrons. The lowest BCUT2D eigenvalue weighted by atomic mass is 10.1. The Hall–Kier alpha value is -4.24. The van der Waals surface area contributed by atoms with E-state index >= 15 is 0 Å². The summed E-state index contributed by atoms with van der Waals surface area (Å²) >= 11 is 0. The van der Waals surface area contributed by atoms with Crippen LogP contribution < -0.4 is 10.1 Å².